The van der Waals surface area contributed by atoms with Crippen molar-refractivity contribution in [3.8, 4) is 22.5 Å². The highest BCUT2D eigenvalue weighted by molar-refractivity contribution is 6.38. The van der Waals surface area contributed by atoms with E-state index in [9.17, 15) is 4.39 Å². The Labute approximate surface area is 142 Å². The van der Waals surface area contributed by atoms with E-state index in [0.29, 0.717) is 33.0 Å². The van der Waals surface area contributed by atoms with E-state index in [2.05, 4.69) is 15.3 Å². The summed E-state index contributed by atoms with van der Waals surface area (Å²) >= 11 is 6.62. The van der Waals surface area contributed by atoms with E-state index in [0.717, 1.165) is 5.56 Å². The number of nitrogens with zero attached hydrogens (tertiary/aromatic N) is 4. The van der Waals surface area contributed by atoms with E-state index in [-0.39, 0.29) is 5.82 Å². The molecule has 6 heteroatoms. The molecule has 0 saturated heterocycles. The van der Waals surface area contributed by atoms with Crippen LogP contribution in [0.5, 0.6) is 0 Å². The first-order chi connectivity index (χ1) is 11.7. The van der Waals surface area contributed by atoms with Gasteiger partial charge < -0.3 is 0 Å². The van der Waals surface area contributed by atoms with E-state index >= 15 is 0 Å². The SMILES string of the molecule is Cn1nc(-c2ccccc2F)c2c(Cl)c(-c3ccccc3)nnc21. The Morgan fingerprint density at radius 1 is 0.917 bits per heavy atom. The zero-order valence-corrected chi connectivity index (χ0v) is 13.5. The molecule has 0 atom stereocenters. The maximum Gasteiger partial charge on any atom is 0.182 e. The molecule has 4 aromatic rings. The predicted octanol–water partition coefficient (Wildman–Crippen LogP) is 4.49. The molecule has 0 aliphatic rings. The van der Waals surface area contributed by atoms with Gasteiger partial charge in [0.1, 0.15) is 17.2 Å². The Bertz CT molecular complexity index is 1040. The molecular formula is C18H12ClFN4. The molecule has 0 radical (unpaired) electrons. The lowest BCUT2D eigenvalue weighted by molar-refractivity contribution is 0.630. The zero-order chi connectivity index (χ0) is 16.7. The Balaban J connectivity index is 2.05. The van der Waals surface area contributed by atoms with Crippen LogP contribution >= 0.6 is 11.6 Å². The van der Waals surface area contributed by atoms with Gasteiger partial charge in [-0.15, -0.1) is 10.2 Å². The minimum absolute atomic E-state index is 0.355. The van der Waals surface area contributed by atoms with E-state index in [1.165, 1.54) is 6.07 Å². The highest BCUT2D eigenvalue weighted by Gasteiger charge is 2.21. The quantitative estimate of drug-likeness (QED) is 0.541. The van der Waals surface area contributed by atoms with Crippen molar-refractivity contribution < 1.29 is 4.39 Å². The van der Waals surface area contributed by atoms with Crippen LogP contribution in [0, 0.1) is 5.82 Å². The lowest BCUT2D eigenvalue weighted by Gasteiger charge is -2.05. The van der Waals surface area contributed by atoms with Crippen LogP contribution in [0.1, 0.15) is 0 Å². The molecule has 2 heterocycles. The second kappa shape index (κ2) is 5.69. The lowest BCUT2D eigenvalue weighted by Crippen LogP contribution is -1.95. The molecule has 0 N–H and O–H groups in total. The van der Waals surface area contributed by atoms with Crippen LogP contribution in [0.15, 0.2) is 54.6 Å². The average molecular weight is 339 g/mol. The Kier molecular flexibility index (Phi) is 3.50. The second-order valence-electron chi connectivity index (χ2n) is 5.38. The van der Waals surface area contributed by atoms with E-state index < -0.39 is 0 Å². The average Bonchev–Trinajstić information content (AvgIpc) is 2.94. The molecule has 0 amide bonds. The molecule has 0 bridgehead atoms. The molecule has 2 aromatic carbocycles. The van der Waals surface area contributed by atoms with Gasteiger partial charge in [-0.2, -0.15) is 5.10 Å². The van der Waals surface area contributed by atoms with Gasteiger partial charge in [-0.25, -0.2) is 9.07 Å². The first kappa shape index (κ1) is 14.8. The van der Waals surface area contributed by atoms with Crippen LogP contribution in [-0.4, -0.2) is 20.0 Å². The Hall–Kier alpha value is -2.79. The number of aromatic nitrogens is 4. The lowest BCUT2D eigenvalue weighted by atomic mass is 10.1. The monoisotopic (exact) mass is 338 g/mol. The Morgan fingerprint density at radius 3 is 2.38 bits per heavy atom. The van der Waals surface area contributed by atoms with Gasteiger partial charge in [-0.05, 0) is 12.1 Å². The maximum atomic E-state index is 14.2. The minimum atomic E-state index is -0.355. The van der Waals surface area contributed by atoms with Crippen molar-refractivity contribution in [1.82, 2.24) is 20.0 Å². The smallest absolute Gasteiger partial charge is 0.182 e. The van der Waals surface area contributed by atoms with Crippen LogP contribution in [0.25, 0.3) is 33.5 Å². The standard InChI is InChI=1S/C18H12ClFN4/c1-24-18-14(17(23-24)12-9-5-6-10-13(12)20)15(19)16(21-22-18)11-7-3-2-4-8-11/h2-10H,1H3. The summed E-state index contributed by atoms with van der Waals surface area (Å²) < 4.78 is 15.8. The number of rotatable bonds is 2. The summed E-state index contributed by atoms with van der Waals surface area (Å²) in [6.45, 7) is 0. The van der Waals surface area contributed by atoms with Crippen LogP contribution in [-0.2, 0) is 7.05 Å². The van der Waals surface area contributed by atoms with Crippen molar-refractivity contribution in [2.24, 2.45) is 7.05 Å². The van der Waals surface area contributed by atoms with Crippen LogP contribution < -0.4 is 0 Å². The number of aryl methyl sites for hydroxylation is 1. The second-order valence-corrected chi connectivity index (χ2v) is 5.76. The maximum absolute atomic E-state index is 14.2. The van der Waals surface area contributed by atoms with Gasteiger partial charge in [0, 0.05) is 18.2 Å². The van der Waals surface area contributed by atoms with E-state index in [1.54, 1.807) is 29.9 Å². The van der Waals surface area contributed by atoms with Crippen LogP contribution in [0.4, 0.5) is 4.39 Å². The highest BCUT2D eigenvalue weighted by Crippen LogP contribution is 2.37. The van der Waals surface area contributed by atoms with Crippen molar-refractivity contribution in [2.45, 2.75) is 0 Å². The summed E-state index contributed by atoms with van der Waals surface area (Å²) in [5.74, 6) is -0.355. The Morgan fingerprint density at radius 2 is 1.62 bits per heavy atom. The topological polar surface area (TPSA) is 43.6 Å². The summed E-state index contributed by atoms with van der Waals surface area (Å²) in [6, 6.07) is 16.0. The molecule has 0 aliphatic carbocycles. The molecule has 0 unspecified atom stereocenters. The third-order valence-electron chi connectivity index (χ3n) is 3.87. The first-order valence-corrected chi connectivity index (χ1v) is 7.74. The van der Waals surface area contributed by atoms with Gasteiger partial charge in [-0.3, -0.25) is 0 Å². The van der Waals surface area contributed by atoms with Crippen LogP contribution in [0.2, 0.25) is 5.02 Å². The molecule has 4 rings (SSSR count). The fraction of sp³-hybridized carbons (Fsp3) is 0.0556. The van der Waals surface area contributed by atoms with Gasteiger partial charge >= 0.3 is 0 Å². The van der Waals surface area contributed by atoms with Crippen molar-refractivity contribution in [1.29, 1.82) is 0 Å². The van der Waals surface area contributed by atoms with Crippen LogP contribution in [0.3, 0.4) is 0 Å². The van der Waals surface area contributed by atoms with E-state index in [4.69, 9.17) is 11.6 Å². The molecule has 0 aliphatic heterocycles. The summed E-state index contributed by atoms with van der Waals surface area (Å²) in [5.41, 5.74) is 2.76. The number of hydrogen-bond acceptors (Lipinski definition) is 3. The molecule has 0 spiro atoms. The summed E-state index contributed by atoms with van der Waals surface area (Å²) in [7, 11) is 1.74. The summed E-state index contributed by atoms with van der Waals surface area (Å²) in [5, 5.41) is 13.9. The predicted molar refractivity (Wildman–Crippen MR) is 92.1 cm³/mol. The fourth-order valence-electron chi connectivity index (χ4n) is 2.71. The molecule has 0 fully saturated rings. The van der Waals surface area contributed by atoms with Gasteiger partial charge in [0.15, 0.2) is 5.65 Å². The van der Waals surface area contributed by atoms with Gasteiger partial charge in [0.05, 0.1) is 10.4 Å². The number of fused-ring (bicyclic) bond motifs is 1. The van der Waals surface area contributed by atoms with Crippen molar-refractivity contribution in [3.05, 3.63) is 65.4 Å². The fourth-order valence-corrected chi connectivity index (χ4v) is 3.03. The largest absolute Gasteiger partial charge is 0.248 e. The minimum Gasteiger partial charge on any atom is -0.248 e. The molecule has 2 aromatic heterocycles. The zero-order valence-electron chi connectivity index (χ0n) is 12.7. The van der Waals surface area contributed by atoms with Gasteiger partial charge in [-0.1, -0.05) is 54.1 Å². The third kappa shape index (κ3) is 2.25. The number of benzene rings is 2. The van der Waals surface area contributed by atoms with Crippen molar-refractivity contribution in [3.63, 3.8) is 0 Å². The summed E-state index contributed by atoms with van der Waals surface area (Å²) in [4.78, 5) is 0. The first-order valence-electron chi connectivity index (χ1n) is 7.36. The molecule has 0 saturated carbocycles. The van der Waals surface area contributed by atoms with Gasteiger partial charge in [0.2, 0.25) is 0 Å². The molecule has 118 valence electrons. The third-order valence-corrected chi connectivity index (χ3v) is 4.23. The normalized spacial score (nSPS) is 11.1. The number of hydrogen-bond donors (Lipinski definition) is 0. The highest BCUT2D eigenvalue weighted by atomic mass is 35.5. The van der Waals surface area contributed by atoms with Gasteiger partial charge in [0.25, 0.3) is 0 Å². The van der Waals surface area contributed by atoms with Crippen molar-refractivity contribution in [2.75, 3.05) is 0 Å². The van der Waals surface area contributed by atoms with Crippen molar-refractivity contribution >= 4 is 22.6 Å². The molecular weight excluding hydrogens is 327 g/mol. The number of halogens is 2. The molecule has 4 nitrogen and oxygen atoms in total. The summed E-state index contributed by atoms with van der Waals surface area (Å²) in [6.07, 6.45) is 0. The molecule has 24 heavy (non-hydrogen) atoms. The van der Waals surface area contributed by atoms with E-state index in [1.807, 2.05) is 30.3 Å².